The maximum Gasteiger partial charge on any atom is 0.353 e. The Morgan fingerprint density at radius 2 is 0.933 bits per heavy atom. The number of nitrogens with one attached hydrogen (secondary N) is 1. The number of hydrogen-bond acceptors (Lipinski definition) is 18. The van der Waals surface area contributed by atoms with Crippen LogP contribution in [0.3, 0.4) is 0 Å². The van der Waals surface area contributed by atoms with Gasteiger partial charge in [-0.3, -0.25) is 9.13 Å². The predicted molar refractivity (Wildman–Crippen MR) is 330 cm³/mol. The van der Waals surface area contributed by atoms with Crippen molar-refractivity contribution in [2.45, 2.75) is 88.3 Å². The summed E-state index contributed by atoms with van der Waals surface area (Å²) in [6.45, 7) is 7.38. The molecule has 8 atom stereocenters. The van der Waals surface area contributed by atoms with Crippen molar-refractivity contribution >= 4 is 33.9 Å². The van der Waals surface area contributed by atoms with E-state index in [4.69, 9.17) is 52.9 Å². The largest absolute Gasteiger partial charge is 0.493 e. The molecule has 3 N–H and O–H groups in total. The molecule has 0 amide bonds. The number of aromatic hydroxyl groups is 2. The van der Waals surface area contributed by atoms with Crippen LogP contribution >= 0.6 is 0 Å². The lowest BCUT2D eigenvalue weighted by Gasteiger charge is -2.24. The van der Waals surface area contributed by atoms with E-state index in [9.17, 15) is 19.8 Å². The zero-order chi connectivity index (χ0) is 61.7. The number of rotatable bonds is 11. The predicted octanol–water partition coefficient (Wildman–Crippen LogP) is 7.60. The molecule has 2 aromatic carbocycles. The molecule has 4 aromatic heterocycles. The smallest absolute Gasteiger partial charge is 0.353 e. The van der Waals surface area contributed by atoms with Gasteiger partial charge in [0.15, 0.2) is 36.4 Å². The highest BCUT2D eigenvalue weighted by Gasteiger charge is 2.58. The normalized spacial score (nSPS) is 25.8. The Labute approximate surface area is 515 Å². The fraction of sp³-hybridized carbons (Fsp3) is 0.265. The Kier molecular flexibility index (Phi) is 13.8. The summed E-state index contributed by atoms with van der Waals surface area (Å²) in [5.41, 5.74) is 11.5. The fourth-order valence-corrected chi connectivity index (χ4v) is 12.7. The highest BCUT2D eigenvalue weighted by molar-refractivity contribution is 6.36. The molecule has 22 heteroatoms. The SMILES string of the molecule is CN1C=CC(=C2C3=NC(=C(c4ccc(OC[C@H]5O[C@@H](n6ccc(O)nc6=O)[C@@H]6OC(C)(C)O[C@@H]65)cc4)C4=NC(=C(c5ccc(OC[C@H]6O[C@@H](n7ccc(O)nc7=O)[C@@H]7OC(C)(C)O[C@@H]76)cc5)c5ccc([nH]5)C(c5cc[n+](C)cc5)=C5C=CC2=N5)C=C4)C=C3)C=C1. The summed E-state index contributed by atoms with van der Waals surface area (Å²) < 4.78 is 55.4. The third-order valence-corrected chi connectivity index (χ3v) is 16.8. The van der Waals surface area contributed by atoms with Crippen LogP contribution in [0.2, 0.25) is 0 Å². The summed E-state index contributed by atoms with van der Waals surface area (Å²) in [7, 11) is 3.98. The van der Waals surface area contributed by atoms with E-state index in [-0.39, 0.29) is 13.2 Å². The first-order valence-electron chi connectivity index (χ1n) is 29.5. The second-order valence-corrected chi connectivity index (χ2v) is 23.8. The van der Waals surface area contributed by atoms with Crippen LogP contribution in [-0.4, -0.2) is 125 Å². The molecule has 22 nitrogen and oxygen atoms in total. The first-order chi connectivity index (χ1) is 43.4. The lowest BCUT2D eigenvalue weighted by atomic mass is 9.97. The summed E-state index contributed by atoms with van der Waals surface area (Å²) in [5.74, 6) is -1.58. The van der Waals surface area contributed by atoms with Crippen molar-refractivity contribution in [2.24, 2.45) is 22.0 Å². The molecule has 6 aromatic rings. The molecule has 4 saturated heterocycles. The topological polar surface area (TPSA) is 244 Å². The fourth-order valence-electron chi connectivity index (χ4n) is 12.7. The summed E-state index contributed by atoms with van der Waals surface area (Å²) in [5, 5.41) is 19.8. The zero-order valence-electron chi connectivity index (χ0n) is 49.7. The molecule has 0 aliphatic carbocycles. The van der Waals surface area contributed by atoms with Gasteiger partial charge in [0, 0.05) is 89.8 Å². The van der Waals surface area contributed by atoms with Gasteiger partial charge in [-0.1, -0.05) is 24.3 Å². The van der Waals surface area contributed by atoms with E-state index in [0.717, 1.165) is 73.1 Å². The monoisotopic (exact) mass is 1210 g/mol. The molecule has 90 heavy (non-hydrogen) atoms. The highest BCUT2D eigenvalue weighted by atomic mass is 16.8. The molecule has 15 rings (SSSR count). The van der Waals surface area contributed by atoms with Crippen molar-refractivity contribution in [1.82, 2.24) is 29.0 Å². The number of aryl methyl sites for hydroxylation is 1. The molecule has 0 unspecified atom stereocenters. The minimum Gasteiger partial charge on any atom is -0.493 e. The molecule has 9 aliphatic rings. The first kappa shape index (κ1) is 56.6. The van der Waals surface area contributed by atoms with Crippen LogP contribution in [0.15, 0.2) is 224 Å². The minimum atomic E-state index is -0.953. The summed E-state index contributed by atoms with van der Waals surface area (Å²) in [4.78, 5) is 55.5. The second-order valence-electron chi connectivity index (χ2n) is 23.8. The van der Waals surface area contributed by atoms with Crippen LogP contribution in [0.25, 0.3) is 16.7 Å². The van der Waals surface area contributed by atoms with Crippen LogP contribution in [-0.2, 0) is 35.5 Å². The number of fused-ring (bicyclic) bond motifs is 7. The van der Waals surface area contributed by atoms with Gasteiger partial charge >= 0.3 is 11.4 Å². The highest BCUT2D eigenvalue weighted by Crippen LogP contribution is 2.46. The van der Waals surface area contributed by atoms with Crippen LogP contribution in [0, 0.1) is 0 Å². The Hall–Kier alpha value is -9.94. The number of hydrogen-bond donors (Lipinski definition) is 3. The van der Waals surface area contributed by atoms with Gasteiger partial charge in [0.25, 0.3) is 0 Å². The van der Waals surface area contributed by atoms with Gasteiger partial charge < -0.3 is 58.0 Å². The van der Waals surface area contributed by atoms with Crippen molar-refractivity contribution in [3.63, 3.8) is 0 Å². The molecule has 4 fully saturated rings. The van der Waals surface area contributed by atoms with E-state index >= 15 is 0 Å². The van der Waals surface area contributed by atoms with Crippen LogP contribution in [0.1, 0.15) is 68.2 Å². The van der Waals surface area contributed by atoms with E-state index in [1.165, 1.54) is 33.7 Å². The number of aromatic nitrogens is 6. The average molecular weight is 1210 g/mol. The first-order valence-corrected chi connectivity index (χ1v) is 29.5. The van der Waals surface area contributed by atoms with Crippen molar-refractivity contribution in [3.8, 4) is 23.3 Å². The molecular weight excluding hydrogens is 1150 g/mol. The number of ether oxygens (including phenoxy) is 8. The standard InChI is InChI=1S/C68H60N10O12/c1-67(2)87-59-51(85-63(61(59)89-67)77-33-27-53(79)73-65(77)81)35-83-41-11-7-37(8-12-41)55-43-15-16-44(69-43)56(38-9-13-42(14-10-38)84-36-52-60-62(90-68(3,4)88-60)64(86-52)78-34-28-54(80)74-66(78)82)46-18-20-48(71-46)58(40-25-31-76(6)32-26-40)50-22-21-49(72-50)57(47-19-17-45(55)70-47)39-23-29-75(5)30-24-39/h7-34,51-52,59-64H,35-36H2,1-6H3,(H2-,69,70,71,72,73,74,79,80,81,82)/p+1/t51-,52-,59-,60-,61-,62-,63-,64-/m1/s1. The second kappa shape index (κ2) is 22.0. The van der Waals surface area contributed by atoms with E-state index in [1.807, 2.05) is 149 Å². The van der Waals surface area contributed by atoms with Gasteiger partial charge in [0.1, 0.15) is 68.4 Å². The number of H-pyrrole nitrogens is 1. The summed E-state index contributed by atoms with van der Waals surface area (Å²) in [6.07, 6.45) is 21.9. The van der Waals surface area contributed by atoms with Gasteiger partial charge in [-0.05, 0) is 135 Å². The van der Waals surface area contributed by atoms with Crippen molar-refractivity contribution in [1.29, 1.82) is 0 Å². The van der Waals surface area contributed by atoms with Gasteiger partial charge in [-0.15, -0.1) is 0 Å². The zero-order valence-corrected chi connectivity index (χ0v) is 49.7. The quantitative estimate of drug-likeness (QED) is 0.106. The molecular formula is C68H61N10O12+. The Morgan fingerprint density at radius 1 is 0.522 bits per heavy atom. The van der Waals surface area contributed by atoms with Gasteiger partial charge in [-0.25, -0.2) is 29.1 Å². The number of benzene rings is 2. The average Bonchev–Trinajstić information content (AvgIpc) is 1.65. The third-order valence-electron chi connectivity index (χ3n) is 16.8. The lowest BCUT2D eigenvalue weighted by molar-refractivity contribution is -0.671. The lowest BCUT2D eigenvalue weighted by Crippen LogP contribution is -2.34. The van der Waals surface area contributed by atoms with Crippen molar-refractivity contribution in [3.05, 3.63) is 248 Å². The van der Waals surface area contributed by atoms with E-state index in [2.05, 4.69) is 63.5 Å². The maximum absolute atomic E-state index is 12.9. The van der Waals surface area contributed by atoms with Crippen LogP contribution in [0.5, 0.6) is 23.3 Å². The summed E-state index contributed by atoms with van der Waals surface area (Å²) >= 11 is 0. The molecule has 0 saturated carbocycles. The molecule has 0 radical (unpaired) electrons. The van der Waals surface area contributed by atoms with Crippen molar-refractivity contribution < 1.29 is 52.7 Å². The number of pyridine rings is 1. The molecule has 9 aliphatic heterocycles. The number of allylic oxidation sites excluding steroid dienone is 11. The molecule has 13 heterocycles. The Balaban J connectivity index is 0.798. The number of aliphatic imine (C=N–C) groups is 3. The van der Waals surface area contributed by atoms with E-state index < -0.39 is 83.8 Å². The summed E-state index contributed by atoms with van der Waals surface area (Å²) in [6, 6.07) is 26.5. The van der Waals surface area contributed by atoms with Gasteiger partial charge in [-0.2, -0.15) is 9.97 Å². The van der Waals surface area contributed by atoms with Crippen molar-refractivity contribution in [2.75, 3.05) is 20.3 Å². The van der Waals surface area contributed by atoms with E-state index in [1.54, 1.807) is 0 Å². The Bertz CT molecular complexity index is 4460. The maximum atomic E-state index is 12.9. The number of nitrogens with zero attached hydrogens (tertiary/aromatic N) is 9. The minimum absolute atomic E-state index is 0.0701. The Morgan fingerprint density at radius 3 is 1.39 bits per heavy atom. The molecule has 454 valence electrons. The van der Waals surface area contributed by atoms with E-state index in [0.29, 0.717) is 28.6 Å². The molecule has 0 spiro atoms. The molecule has 8 bridgehead atoms. The van der Waals surface area contributed by atoms with Crippen LogP contribution in [0.4, 0.5) is 0 Å². The van der Waals surface area contributed by atoms with Gasteiger partial charge in [0.2, 0.25) is 11.8 Å². The third kappa shape index (κ3) is 10.5. The van der Waals surface area contributed by atoms with Gasteiger partial charge in [0.05, 0.1) is 34.2 Å². The van der Waals surface area contributed by atoms with Crippen LogP contribution < -0.4 is 25.4 Å². The number of aromatic amines is 1.